The Balaban J connectivity index is 1.52. The van der Waals surface area contributed by atoms with Gasteiger partial charge in [0.05, 0.1) is 15.6 Å². The second kappa shape index (κ2) is 8.30. The molecule has 0 atom stereocenters. The Kier molecular flexibility index (Phi) is 5.44. The van der Waals surface area contributed by atoms with Crippen LogP contribution < -0.4 is 0 Å². The number of carbonyl (C=O) groups excluding carboxylic acids is 1. The Morgan fingerprint density at radius 2 is 1.94 bits per heavy atom. The third kappa shape index (κ3) is 3.80. The molecule has 10 heteroatoms. The van der Waals surface area contributed by atoms with Crippen molar-refractivity contribution in [2.45, 2.75) is 13.8 Å². The minimum Gasteiger partial charge on any atom is -0.318 e. The number of halogens is 2. The lowest BCUT2D eigenvalue weighted by Crippen LogP contribution is -2.35. The van der Waals surface area contributed by atoms with Gasteiger partial charge in [-0.1, -0.05) is 23.2 Å². The van der Waals surface area contributed by atoms with Gasteiger partial charge in [0.1, 0.15) is 5.04 Å². The van der Waals surface area contributed by atoms with Crippen LogP contribution in [0.4, 0.5) is 0 Å². The van der Waals surface area contributed by atoms with Crippen LogP contribution in [0.2, 0.25) is 10.0 Å². The van der Waals surface area contributed by atoms with Gasteiger partial charge in [0.15, 0.2) is 5.84 Å². The molecule has 1 amide bonds. The average molecular weight is 495 g/mol. The summed E-state index contributed by atoms with van der Waals surface area (Å²) in [5.74, 6) is -0.489. The van der Waals surface area contributed by atoms with Gasteiger partial charge < -0.3 is 4.57 Å². The smallest absolute Gasteiger partial charge is 0.283 e. The molecule has 0 radical (unpaired) electrons. The lowest BCUT2D eigenvalue weighted by Gasteiger charge is -2.20. The Bertz CT molecular complexity index is 1420. The molecule has 33 heavy (non-hydrogen) atoms. The minimum atomic E-state index is -0.472. The summed E-state index contributed by atoms with van der Waals surface area (Å²) in [5.41, 5.74) is 4.47. The third-order valence-electron chi connectivity index (χ3n) is 5.29. The number of aliphatic imine (C=N–C) groups is 1. The van der Waals surface area contributed by atoms with Gasteiger partial charge in [0.2, 0.25) is 5.17 Å². The zero-order valence-electron chi connectivity index (χ0n) is 17.5. The minimum absolute atomic E-state index is 0.0178. The highest BCUT2D eigenvalue weighted by molar-refractivity contribution is 8.27. The zero-order chi connectivity index (χ0) is 23.3. The van der Waals surface area contributed by atoms with Crippen LogP contribution in [0.1, 0.15) is 22.5 Å². The van der Waals surface area contributed by atoms with Crippen LogP contribution in [0.25, 0.3) is 11.8 Å². The van der Waals surface area contributed by atoms with E-state index >= 15 is 0 Å². The van der Waals surface area contributed by atoms with Crippen molar-refractivity contribution in [1.29, 1.82) is 5.41 Å². The predicted octanol–water partition coefficient (Wildman–Crippen LogP) is 5.46. The van der Waals surface area contributed by atoms with Gasteiger partial charge in [-0.3, -0.25) is 15.2 Å². The topological polar surface area (TPSA) is 86.7 Å². The number of hydrogen-bond acceptors (Lipinski definition) is 5. The molecule has 1 aromatic carbocycles. The number of hydrazone groups is 1. The van der Waals surface area contributed by atoms with Gasteiger partial charge in [0, 0.05) is 35.0 Å². The molecule has 5 rings (SSSR count). The Labute approximate surface area is 203 Å². The van der Waals surface area contributed by atoms with Crippen LogP contribution in [0.15, 0.2) is 64.5 Å². The lowest BCUT2D eigenvalue weighted by molar-refractivity contribution is -0.114. The van der Waals surface area contributed by atoms with E-state index in [4.69, 9.17) is 28.6 Å². The summed E-state index contributed by atoms with van der Waals surface area (Å²) in [6.07, 6.45) is 5.05. The number of thioether (sulfide) groups is 1. The molecule has 0 aliphatic carbocycles. The van der Waals surface area contributed by atoms with Gasteiger partial charge in [0.25, 0.3) is 5.91 Å². The van der Waals surface area contributed by atoms with Gasteiger partial charge >= 0.3 is 0 Å². The summed E-state index contributed by atoms with van der Waals surface area (Å²) >= 11 is 13.5. The molecule has 0 bridgehead atoms. The van der Waals surface area contributed by atoms with Crippen molar-refractivity contribution in [1.82, 2.24) is 14.6 Å². The Morgan fingerprint density at radius 3 is 2.67 bits per heavy atom. The third-order valence-corrected chi connectivity index (χ3v) is 6.99. The van der Waals surface area contributed by atoms with Crippen LogP contribution >= 0.6 is 35.0 Å². The first-order valence-corrected chi connectivity index (χ1v) is 11.5. The molecule has 0 spiro atoms. The number of nitrogens with one attached hydrogen (secondary N) is 1. The largest absolute Gasteiger partial charge is 0.318 e. The number of benzene rings is 1. The summed E-state index contributed by atoms with van der Waals surface area (Å²) in [7, 11) is 0. The molecular weight excluding hydrogens is 479 g/mol. The molecule has 7 nitrogen and oxygen atoms in total. The van der Waals surface area contributed by atoms with Crippen molar-refractivity contribution in [2.75, 3.05) is 0 Å². The fraction of sp³-hybridized carbons (Fsp3) is 0.0870. The van der Waals surface area contributed by atoms with Crippen LogP contribution in [0.5, 0.6) is 0 Å². The van der Waals surface area contributed by atoms with E-state index in [1.165, 1.54) is 16.8 Å². The first-order chi connectivity index (χ1) is 15.8. The first-order valence-electron chi connectivity index (χ1n) is 9.88. The van der Waals surface area contributed by atoms with Crippen LogP contribution in [0.3, 0.4) is 0 Å². The summed E-state index contributed by atoms with van der Waals surface area (Å²) in [6, 6.07) is 11.1. The van der Waals surface area contributed by atoms with Crippen LogP contribution in [0, 0.1) is 19.3 Å². The highest BCUT2D eigenvalue weighted by Gasteiger charge is 2.36. The number of aromatic nitrogens is 2. The molecule has 4 heterocycles. The molecule has 0 fully saturated rings. The van der Waals surface area contributed by atoms with Crippen molar-refractivity contribution in [3.05, 3.63) is 86.9 Å². The van der Waals surface area contributed by atoms with E-state index in [-0.39, 0.29) is 11.4 Å². The molecule has 0 unspecified atom stereocenters. The zero-order valence-corrected chi connectivity index (χ0v) is 19.8. The maximum atomic E-state index is 12.8. The van der Waals surface area contributed by atoms with Crippen molar-refractivity contribution in [3.63, 3.8) is 0 Å². The maximum absolute atomic E-state index is 12.8. The summed E-state index contributed by atoms with van der Waals surface area (Å²) in [6.45, 7) is 3.90. The van der Waals surface area contributed by atoms with Crippen LogP contribution in [-0.2, 0) is 4.79 Å². The molecular formula is C23H16Cl2N6OS. The van der Waals surface area contributed by atoms with Crippen molar-refractivity contribution < 1.29 is 4.79 Å². The molecule has 2 aliphatic heterocycles. The Morgan fingerprint density at radius 1 is 1.12 bits per heavy atom. The van der Waals surface area contributed by atoms with Gasteiger partial charge in [-0.05, 0) is 73.6 Å². The fourth-order valence-corrected chi connectivity index (χ4v) is 4.88. The number of nitrogens with zero attached hydrogens (tertiary/aromatic N) is 5. The lowest BCUT2D eigenvalue weighted by atomic mass is 10.1. The number of rotatable bonds is 3. The van der Waals surface area contributed by atoms with Crippen molar-refractivity contribution in [2.24, 2.45) is 10.1 Å². The van der Waals surface area contributed by atoms with Crippen molar-refractivity contribution in [3.8, 4) is 5.69 Å². The van der Waals surface area contributed by atoms with E-state index in [2.05, 4.69) is 15.1 Å². The van der Waals surface area contributed by atoms with E-state index in [0.29, 0.717) is 20.3 Å². The average Bonchev–Trinajstić information content (AvgIpc) is 3.34. The highest BCUT2D eigenvalue weighted by atomic mass is 35.5. The summed E-state index contributed by atoms with van der Waals surface area (Å²) in [5, 5.41) is 16.5. The molecule has 0 saturated carbocycles. The SMILES string of the molecule is Cc1cc(C=C2C(=N)N3N=C(c4cccnc4)SC3=NC2=O)c(C)n1-c1ccc(Cl)c(Cl)c1. The standard InChI is InChI=1S/C23H16Cl2N6OS/c1-12-8-15(13(2)30(12)16-5-6-18(24)19(25)10-16)9-17-20(26)31-23(28-21(17)32)33-22(29-31)14-4-3-7-27-11-14/h3-11,26H,1-2H3. The van der Waals surface area contributed by atoms with E-state index in [0.717, 1.165) is 28.2 Å². The van der Waals surface area contributed by atoms with E-state index in [1.54, 1.807) is 30.6 Å². The fourth-order valence-electron chi connectivity index (χ4n) is 3.71. The molecule has 2 aliphatic rings. The van der Waals surface area contributed by atoms with E-state index < -0.39 is 5.91 Å². The normalized spacial score (nSPS) is 16.8. The van der Waals surface area contributed by atoms with Crippen LogP contribution in [-0.4, -0.2) is 36.5 Å². The number of amidine groups is 2. The molecule has 0 saturated heterocycles. The number of aryl methyl sites for hydroxylation is 1. The number of hydrogen-bond donors (Lipinski definition) is 1. The van der Waals surface area contributed by atoms with E-state index in [1.807, 2.05) is 42.7 Å². The van der Waals surface area contributed by atoms with E-state index in [9.17, 15) is 4.79 Å². The monoisotopic (exact) mass is 494 g/mol. The number of fused-ring (bicyclic) bond motifs is 1. The van der Waals surface area contributed by atoms with Gasteiger partial charge in [-0.15, -0.1) is 0 Å². The molecule has 1 N–H and O–H groups in total. The second-order valence-electron chi connectivity index (χ2n) is 7.43. The Hall–Kier alpha value is -3.20. The number of carbonyl (C=O) groups is 1. The molecule has 2 aromatic heterocycles. The summed E-state index contributed by atoms with van der Waals surface area (Å²) in [4.78, 5) is 21.1. The predicted molar refractivity (Wildman–Crippen MR) is 134 cm³/mol. The quantitative estimate of drug-likeness (QED) is 0.489. The number of amides is 1. The highest BCUT2D eigenvalue weighted by Crippen LogP contribution is 2.32. The number of pyridine rings is 1. The second-order valence-corrected chi connectivity index (χ2v) is 9.20. The van der Waals surface area contributed by atoms with Gasteiger partial charge in [-0.25, -0.2) is 0 Å². The van der Waals surface area contributed by atoms with Crippen molar-refractivity contribution >= 4 is 63.0 Å². The summed E-state index contributed by atoms with van der Waals surface area (Å²) < 4.78 is 2.02. The van der Waals surface area contributed by atoms with Gasteiger partial charge in [-0.2, -0.15) is 15.1 Å². The molecule has 3 aromatic rings. The maximum Gasteiger partial charge on any atom is 0.283 e. The first kappa shape index (κ1) is 21.6. The molecule has 164 valence electrons.